The Kier molecular flexibility index (Phi) is 3.25. The number of carbonyl (C=O) groups is 1. The molecule has 0 aliphatic heterocycles. The quantitative estimate of drug-likeness (QED) is 0.865. The van der Waals surface area contributed by atoms with E-state index in [2.05, 4.69) is 20.4 Å². The fraction of sp³-hybridized carbons (Fsp3) is 0.538. The van der Waals surface area contributed by atoms with Gasteiger partial charge in [0.2, 0.25) is 5.89 Å². The smallest absolute Gasteiger partial charge is 0.303 e. The average Bonchev–Trinajstić information content (AvgIpc) is 3.08. The van der Waals surface area contributed by atoms with Crippen LogP contribution in [0.2, 0.25) is 0 Å². The van der Waals surface area contributed by atoms with E-state index in [1.54, 1.807) is 12.3 Å². The fourth-order valence-corrected chi connectivity index (χ4v) is 2.99. The average molecular weight is 276 g/mol. The topological polar surface area (TPSA) is 105 Å². The lowest BCUT2D eigenvalue weighted by Crippen LogP contribution is -2.23. The first-order valence-electron chi connectivity index (χ1n) is 6.71. The maximum atomic E-state index is 11.1. The van der Waals surface area contributed by atoms with Crippen molar-refractivity contribution in [1.82, 2.24) is 20.4 Å². The summed E-state index contributed by atoms with van der Waals surface area (Å²) in [6.07, 6.45) is 6.24. The Labute approximate surface area is 115 Å². The van der Waals surface area contributed by atoms with Crippen molar-refractivity contribution in [2.75, 3.05) is 0 Å². The van der Waals surface area contributed by atoms with Gasteiger partial charge in [-0.15, -0.1) is 10.2 Å². The van der Waals surface area contributed by atoms with Crippen LogP contribution in [0, 0.1) is 5.41 Å². The van der Waals surface area contributed by atoms with Crippen molar-refractivity contribution in [3.63, 3.8) is 0 Å². The molecule has 106 valence electrons. The minimum Gasteiger partial charge on any atom is -0.481 e. The SMILES string of the molecule is O=C(O)CC1(Cc2nnc(-c3ccn[nH]3)o2)CCCC1. The fourth-order valence-electron chi connectivity index (χ4n) is 2.99. The van der Waals surface area contributed by atoms with E-state index in [1.807, 2.05) is 0 Å². The first kappa shape index (κ1) is 12.8. The van der Waals surface area contributed by atoms with E-state index in [1.165, 1.54) is 0 Å². The zero-order valence-corrected chi connectivity index (χ0v) is 11.0. The van der Waals surface area contributed by atoms with E-state index in [4.69, 9.17) is 9.52 Å². The van der Waals surface area contributed by atoms with E-state index < -0.39 is 5.97 Å². The minimum absolute atomic E-state index is 0.161. The second-order valence-electron chi connectivity index (χ2n) is 5.43. The summed E-state index contributed by atoms with van der Waals surface area (Å²) in [6, 6.07) is 1.75. The number of aromatic amines is 1. The van der Waals surface area contributed by atoms with Crippen LogP contribution in [0.3, 0.4) is 0 Å². The molecule has 1 aliphatic rings. The van der Waals surface area contributed by atoms with Gasteiger partial charge in [0.25, 0.3) is 5.89 Å². The van der Waals surface area contributed by atoms with Gasteiger partial charge in [-0.1, -0.05) is 12.8 Å². The number of rotatable bonds is 5. The van der Waals surface area contributed by atoms with Crippen LogP contribution in [0.4, 0.5) is 0 Å². The number of H-pyrrole nitrogens is 1. The highest BCUT2D eigenvalue weighted by atomic mass is 16.4. The number of carboxylic acids is 1. The molecule has 20 heavy (non-hydrogen) atoms. The lowest BCUT2D eigenvalue weighted by molar-refractivity contribution is -0.139. The Hall–Kier alpha value is -2.18. The Morgan fingerprint density at radius 3 is 2.85 bits per heavy atom. The molecule has 0 atom stereocenters. The highest BCUT2D eigenvalue weighted by Crippen LogP contribution is 2.43. The molecule has 1 saturated carbocycles. The van der Waals surface area contributed by atoms with Gasteiger partial charge < -0.3 is 9.52 Å². The number of carboxylic acid groups (broad SMARTS) is 1. The van der Waals surface area contributed by atoms with Gasteiger partial charge in [-0.2, -0.15) is 5.10 Å². The molecule has 0 aromatic carbocycles. The summed E-state index contributed by atoms with van der Waals surface area (Å²) in [6.45, 7) is 0. The molecule has 2 aromatic rings. The van der Waals surface area contributed by atoms with E-state index in [-0.39, 0.29) is 11.8 Å². The zero-order valence-electron chi connectivity index (χ0n) is 11.0. The van der Waals surface area contributed by atoms with Crippen LogP contribution < -0.4 is 0 Å². The summed E-state index contributed by atoms with van der Waals surface area (Å²) in [7, 11) is 0. The van der Waals surface area contributed by atoms with Gasteiger partial charge >= 0.3 is 5.97 Å². The van der Waals surface area contributed by atoms with Gasteiger partial charge in [0.15, 0.2) is 0 Å². The van der Waals surface area contributed by atoms with Gasteiger partial charge in [-0.05, 0) is 24.3 Å². The molecule has 2 heterocycles. The molecule has 0 amide bonds. The van der Waals surface area contributed by atoms with Crippen molar-refractivity contribution in [3.05, 3.63) is 18.2 Å². The molecule has 0 radical (unpaired) electrons. The first-order valence-corrected chi connectivity index (χ1v) is 6.71. The summed E-state index contributed by atoms with van der Waals surface area (Å²) in [5, 5.41) is 23.7. The Balaban J connectivity index is 1.77. The van der Waals surface area contributed by atoms with Crippen molar-refractivity contribution in [2.45, 2.75) is 38.5 Å². The molecule has 1 aliphatic carbocycles. The van der Waals surface area contributed by atoms with E-state index in [0.29, 0.717) is 23.9 Å². The lowest BCUT2D eigenvalue weighted by atomic mass is 9.79. The Morgan fingerprint density at radius 2 is 2.20 bits per heavy atom. The summed E-state index contributed by atoms with van der Waals surface area (Å²) in [5.74, 6) is 0.124. The van der Waals surface area contributed by atoms with Crippen LogP contribution in [-0.2, 0) is 11.2 Å². The highest BCUT2D eigenvalue weighted by molar-refractivity contribution is 5.67. The summed E-state index contributed by atoms with van der Waals surface area (Å²) >= 11 is 0. The van der Waals surface area contributed by atoms with E-state index in [9.17, 15) is 4.79 Å². The molecule has 2 aromatic heterocycles. The van der Waals surface area contributed by atoms with Crippen molar-refractivity contribution >= 4 is 5.97 Å². The van der Waals surface area contributed by atoms with Crippen LogP contribution >= 0.6 is 0 Å². The third-order valence-corrected chi connectivity index (χ3v) is 3.91. The molecular formula is C13H16N4O3. The summed E-state index contributed by atoms with van der Waals surface area (Å²) in [5.41, 5.74) is 0.436. The van der Waals surface area contributed by atoms with E-state index in [0.717, 1.165) is 25.7 Å². The van der Waals surface area contributed by atoms with Crippen LogP contribution in [0.1, 0.15) is 38.0 Å². The zero-order chi connectivity index (χ0) is 14.0. The van der Waals surface area contributed by atoms with Gasteiger partial charge in [-0.25, -0.2) is 0 Å². The predicted molar refractivity (Wildman–Crippen MR) is 68.7 cm³/mol. The second kappa shape index (κ2) is 5.07. The molecule has 3 rings (SSSR count). The molecule has 1 fully saturated rings. The second-order valence-corrected chi connectivity index (χ2v) is 5.43. The number of nitrogens with zero attached hydrogens (tertiary/aromatic N) is 3. The molecule has 0 saturated heterocycles. The lowest BCUT2D eigenvalue weighted by Gasteiger charge is -2.24. The maximum Gasteiger partial charge on any atom is 0.303 e. The van der Waals surface area contributed by atoms with Crippen LogP contribution in [0.15, 0.2) is 16.7 Å². The van der Waals surface area contributed by atoms with E-state index >= 15 is 0 Å². The summed E-state index contributed by atoms with van der Waals surface area (Å²) in [4.78, 5) is 11.1. The molecule has 7 nitrogen and oxygen atoms in total. The number of hydrogen-bond donors (Lipinski definition) is 2. The molecular weight excluding hydrogens is 260 g/mol. The third-order valence-electron chi connectivity index (χ3n) is 3.91. The van der Waals surface area contributed by atoms with Gasteiger partial charge in [-0.3, -0.25) is 9.89 Å². The van der Waals surface area contributed by atoms with Crippen molar-refractivity contribution in [1.29, 1.82) is 0 Å². The molecule has 2 N–H and O–H groups in total. The number of hydrogen-bond acceptors (Lipinski definition) is 5. The van der Waals surface area contributed by atoms with Gasteiger partial charge in [0.05, 0.1) is 6.42 Å². The highest BCUT2D eigenvalue weighted by Gasteiger charge is 2.37. The van der Waals surface area contributed by atoms with Crippen molar-refractivity contribution in [2.24, 2.45) is 5.41 Å². The normalized spacial score (nSPS) is 17.4. The molecule has 0 spiro atoms. The summed E-state index contributed by atoms with van der Waals surface area (Å²) < 4.78 is 5.61. The van der Waals surface area contributed by atoms with Crippen LogP contribution in [0.25, 0.3) is 11.6 Å². The monoisotopic (exact) mass is 276 g/mol. The van der Waals surface area contributed by atoms with Crippen molar-refractivity contribution < 1.29 is 14.3 Å². The van der Waals surface area contributed by atoms with Gasteiger partial charge in [0.1, 0.15) is 5.69 Å². The van der Waals surface area contributed by atoms with Crippen LogP contribution in [-0.4, -0.2) is 31.5 Å². The van der Waals surface area contributed by atoms with Gasteiger partial charge in [0, 0.05) is 12.6 Å². The maximum absolute atomic E-state index is 11.1. The number of aliphatic carboxylic acids is 1. The predicted octanol–water partition coefficient (Wildman–Crippen LogP) is 2.04. The molecule has 0 unspecified atom stereocenters. The minimum atomic E-state index is -0.764. The van der Waals surface area contributed by atoms with Crippen molar-refractivity contribution in [3.8, 4) is 11.6 Å². The van der Waals surface area contributed by atoms with Crippen LogP contribution in [0.5, 0.6) is 0 Å². The Morgan fingerprint density at radius 1 is 1.40 bits per heavy atom. The third kappa shape index (κ3) is 2.56. The first-order chi connectivity index (χ1) is 9.67. The number of nitrogens with one attached hydrogen (secondary N) is 1. The molecule has 0 bridgehead atoms. The number of aromatic nitrogens is 4. The Bertz CT molecular complexity index is 585. The molecule has 7 heteroatoms. The standard InChI is InChI=1S/C13H16N4O3/c18-11(19)8-13(4-1-2-5-13)7-10-16-17-12(20-10)9-3-6-14-15-9/h3,6H,1-2,4-5,7-8H2,(H,14,15)(H,18,19). The largest absolute Gasteiger partial charge is 0.481 e.